The lowest BCUT2D eigenvalue weighted by Gasteiger charge is -2.33. The van der Waals surface area contributed by atoms with Crippen LogP contribution in [0.15, 0.2) is 61.2 Å². The maximum atomic E-state index is 5.77. The predicted octanol–water partition coefficient (Wildman–Crippen LogP) is 7.87. The number of aryl methyl sites for hydroxylation is 1. The number of ether oxygens (including phenoxy) is 1. The molecule has 0 saturated heterocycles. The van der Waals surface area contributed by atoms with E-state index in [1.807, 2.05) is 13.2 Å². The number of hydrogen-bond donors (Lipinski definition) is 0. The van der Waals surface area contributed by atoms with Crippen LogP contribution in [0, 0.1) is 17.8 Å². The summed E-state index contributed by atoms with van der Waals surface area (Å²) in [6.45, 7) is 6.30. The average molecular weight is 391 g/mol. The second-order valence-corrected chi connectivity index (χ2v) is 8.95. The molecular formula is C28H38O. The van der Waals surface area contributed by atoms with Crippen LogP contribution in [0.4, 0.5) is 0 Å². The van der Waals surface area contributed by atoms with E-state index in [4.69, 9.17) is 4.74 Å². The molecule has 0 amide bonds. The second-order valence-electron chi connectivity index (χ2n) is 8.95. The van der Waals surface area contributed by atoms with E-state index in [0.29, 0.717) is 0 Å². The molecule has 29 heavy (non-hydrogen) atoms. The molecule has 1 saturated carbocycles. The van der Waals surface area contributed by atoms with E-state index in [1.165, 1.54) is 61.6 Å². The molecule has 0 aliphatic heterocycles. The van der Waals surface area contributed by atoms with Crippen LogP contribution in [0.3, 0.4) is 0 Å². The number of methoxy groups -OCH3 is 1. The van der Waals surface area contributed by atoms with Gasteiger partial charge in [-0.25, -0.2) is 0 Å². The van der Waals surface area contributed by atoms with Crippen molar-refractivity contribution in [2.75, 3.05) is 7.11 Å². The van der Waals surface area contributed by atoms with Gasteiger partial charge in [-0.3, -0.25) is 0 Å². The normalized spacial score (nSPS) is 21.4. The Balaban J connectivity index is 1.38. The van der Waals surface area contributed by atoms with Gasteiger partial charge in [-0.05, 0) is 73.0 Å². The van der Waals surface area contributed by atoms with E-state index < -0.39 is 0 Å². The highest BCUT2D eigenvalue weighted by Crippen LogP contribution is 2.38. The number of rotatable bonds is 10. The first-order valence-corrected chi connectivity index (χ1v) is 11.5. The Labute approximate surface area is 178 Å². The van der Waals surface area contributed by atoms with Crippen molar-refractivity contribution in [1.82, 2.24) is 0 Å². The van der Waals surface area contributed by atoms with E-state index in [2.05, 4.69) is 68.1 Å². The van der Waals surface area contributed by atoms with Gasteiger partial charge < -0.3 is 4.74 Å². The zero-order valence-electron chi connectivity index (χ0n) is 18.4. The highest BCUT2D eigenvalue weighted by atomic mass is 16.5. The van der Waals surface area contributed by atoms with Crippen LogP contribution in [-0.2, 0) is 11.2 Å². The lowest BCUT2D eigenvalue weighted by molar-refractivity contribution is 0.0833. The van der Waals surface area contributed by atoms with Gasteiger partial charge in [-0.15, -0.1) is 0 Å². The number of hydrogen-bond acceptors (Lipinski definition) is 1. The molecule has 156 valence electrons. The number of benzene rings is 2. The van der Waals surface area contributed by atoms with E-state index in [1.54, 1.807) is 0 Å². The van der Waals surface area contributed by atoms with E-state index in [-0.39, 0.29) is 6.10 Å². The Bertz CT molecular complexity index is 710. The van der Waals surface area contributed by atoms with Crippen LogP contribution < -0.4 is 0 Å². The standard InChI is InChI=1S/C28H38O/c1-4-23-11-13-24(14-12-23)15-16-25-17-19-26(20-18-25)22(2)10-21-28(29-3)27-8-6-5-7-9-27/h4-9,11-14,22,25-26,28H,1,10,15-21H2,2-3H3/t22?,25-,26-,28?. The van der Waals surface area contributed by atoms with Crippen molar-refractivity contribution in [1.29, 1.82) is 0 Å². The summed E-state index contributed by atoms with van der Waals surface area (Å²) in [7, 11) is 1.85. The fraction of sp³-hybridized carbons (Fsp3) is 0.500. The molecule has 0 spiro atoms. The summed E-state index contributed by atoms with van der Waals surface area (Å²) in [5.41, 5.74) is 4.00. The van der Waals surface area contributed by atoms with Crippen molar-refractivity contribution in [3.8, 4) is 0 Å². The van der Waals surface area contributed by atoms with Crippen LogP contribution in [0.25, 0.3) is 6.08 Å². The molecule has 2 aromatic rings. The first-order valence-electron chi connectivity index (χ1n) is 11.5. The van der Waals surface area contributed by atoms with Gasteiger partial charge in [0.2, 0.25) is 0 Å². The van der Waals surface area contributed by atoms with Gasteiger partial charge in [-0.2, -0.15) is 0 Å². The van der Waals surface area contributed by atoms with Crippen molar-refractivity contribution >= 4 is 6.08 Å². The van der Waals surface area contributed by atoms with Crippen LogP contribution in [0.5, 0.6) is 0 Å². The third-order valence-electron chi connectivity index (χ3n) is 7.09. The van der Waals surface area contributed by atoms with Gasteiger partial charge in [0.15, 0.2) is 0 Å². The van der Waals surface area contributed by atoms with Gasteiger partial charge in [0, 0.05) is 7.11 Å². The first kappa shape index (κ1) is 21.8. The van der Waals surface area contributed by atoms with E-state index in [9.17, 15) is 0 Å². The SMILES string of the molecule is C=Cc1ccc(CC[C@H]2CC[C@H](C(C)CCC(OC)c3ccccc3)CC2)cc1. The summed E-state index contributed by atoms with van der Waals surface area (Å²) in [6.07, 6.45) is 12.7. The molecule has 1 fully saturated rings. The maximum Gasteiger partial charge on any atom is 0.0821 e. The molecule has 0 aromatic heterocycles. The zero-order chi connectivity index (χ0) is 20.5. The fourth-order valence-corrected chi connectivity index (χ4v) is 4.98. The topological polar surface area (TPSA) is 9.23 Å². The van der Waals surface area contributed by atoms with E-state index in [0.717, 1.165) is 24.2 Å². The molecule has 0 N–H and O–H groups in total. The summed E-state index contributed by atoms with van der Waals surface area (Å²) < 4.78 is 5.77. The van der Waals surface area contributed by atoms with Gasteiger partial charge in [0.25, 0.3) is 0 Å². The Morgan fingerprint density at radius 1 is 0.966 bits per heavy atom. The van der Waals surface area contributed by atoms with Crippen molar-refractivity contribution < 1.29 is 4.74 Å². The Kier molecular flexibility index (Phi) is 8.55. The van der Waals surface area contributed by atoms with Gasteiger partial charge in [-0.1, -0.05) is 87.0 Å². The Morgan fingerprint density at radius 3 is 2.28 bits per heavy atom. The highest BCUT2D eigenvalue weighted by molar-refractivity contribution is 5.47. The molecule has 0 radical (unpaired) electrons. The monoisotopic (exact) mass is 390 g/mol. The summed E-state index contributed by atoms with van der Waals surface area (Å²) in [4.78, 5) is 0. The third kappa shape index (κ3) is 6.57. The van der Waals surface area contributed by atoms with Gasteiger partial charge >= 0.3 is 0 Å². The maximum absolute atomic E-state index is 5.77. The highest BCUT2D eigenvalue weighted by Gasteiger charge is 2.25. The molecule has 3 rings (SSSR count). The summed E-state index contributed by atoms with van der Waals surface area (Å²) in [5.74, 6) is 2.60. The van der Waals surface area contributed by atoms with Crippen molar-refractivity contribution in [2.45, 2.75) is 64.4 Å². The van der Waals surface area contributed by atoms with Crippen LogP contribution in [-0.4, -0.2) is 7.11 Å². The minimum absolute atomic E-state index is 0.238. The lowest BCUT2D eigenvalue weighted by atomic mass is 9.73. The Morgan fingerprint density at radius 2 is 1.66 bits per heavy atom. The zero-order valence-corrected chi connectivity index (χ0v) is 18.4. The molecule has 1 aliphatic rings. The predicted molar refractivity (Wildman–Crippen MR) is 125 cm³/mol. The molecule has 2 aromatic carbocycles. The minimum Gasteiger partial charge on any atom is -0.377 e. The van der Waals surface area contributed by atoms with E-state index >= 15 is 0 Å². The van der Waals surface area contributed by atoms with Crippen molar-refractivity contribution in [3.05, 3.63) is 77.9 Å². The molecule has 0 heterocycles. The molecule has 2 atom stereocenters. The molecule has 0 bridgehead atoms. The van der Waals surface area contributed by atoms with Crippen molar-refractivity contribution in [2.24, 2.45) is 17.8 Å². The minimum atomic E-state index is 0.238. The third-order valence-corrected chi connectivity index (χ3v) is 7.09. The largest absolute Gasteiger partial charge is 0.377 e. The van der Waals surface area contributed by atoms with Gasteiger partial charge in [0.1, 0.15) is 0 Å². The van der Waals surface area contributed by atoms with Crippen LogP contribution >= 0.6 is 0 Å². The molecular weight excluding hydrogens is 352 g/mol. The second kappa shape index (κ2) is 11.4. The molecule has 2 unspecified atom stereocenters. The quantitative estimate of drug-likeness (QED) is 0.401. The average Bonchev–Trinajstić information content (AvgIpc) is 2.79. The molecule has 1 heteroatoms. The summed E-state index contributed by atoms with van der Waals surface area (Å²) in [6, 6.07) is 19.6. The lowest BCUT2D eigenvalue weighted by Crippen LogP contribution is -2.21. The summed E-state index contributed by atoms with van der Waals surface area (Å²) >= 11 is 0. The fourth-order valence-electron chi connectivity index (χ4n) is 4.98. The Hall–Kier alpha value is -1.86. The smallest absolute Gasteiger partial charge is 0.0821 e. The van der Waals surface area contributed by atoms with Crippen LogP contribution in [0.1, 0.15) is 74.7 Å². The van der Waals surface area contributed by atoms with Gasteiger partial charge in [0.05, 0.1) is 6.10 Å². The summed E-state index contributed by atoms with van der Waals surface area (Å²) in [5, 5.41) is 0. The first-order chi connectivity index (χ1) is 14.2. The molecule has 1 nitrogen and oxygen atoms in total. The van der Waals surface area contributed by atoms with Crippen molar-refractivity contribution in [3.63, 3.8) is 0 Å². The van der Waals surface area contributed by atoms with Crippen LogP contribution in [0.2, 0.25) is 0 Å². The molecule has 1 aliphatic carbocycles.